The number of hydrogen-bond donors (Lipinski definition) is 2. The molecule has 0 saturated heterocycles. The highest BCUT2D eigenvalue weighted by atomic mass is 32.2. The molecule has 0 aliphatic heterocycles. The zero-order valence-corrected chi connectivity index (χ0v) is 13.2. The lowest BCUT2D eigenvalue weighted by Crippen LogP contribution is -2.25. The van der Waals surface area contributed by atoms with E-state index in [1.165, 1.54) is 18.1 Å². The van der Waals surface area contributed by atoms with Gasteiger partial charge in [0.25, 0.3) is 5.91 Å². The summed E-state index contributed by atoms with van der Waals surface area (Å²) >= 11 is 1.51. The van der Waals surface area contributed by atoms with E-state index in [0.29, 0.717) is 18.7 Å². The van der Waals surface area contributed by atoms with E-state index < -0.39 is 0 Å². The number of aromatic nitrogens is 5. The van der Waals surface area contributed by atoms with Crippen LogP contribution in [-0.2, 0) is 6.54 Å². The highest BCUT2D eigenvalue weighted by Gasteiger charge is 2.08. The summed E-state index contributed by atoms with van der Waals surface area (Å²) in [5.74, 6) is 0.599. The van der Waals surface area contributed by atoms with Gasteiger partial charge in [0.05, 0.1) is 18.3 Å². The van der Waals surface area contributed by atoms with Crippen molar-refractivity contribution in [1.82, 2.24) is 30.3 Å². The van der Waals surface area contributed by atoms with Gasteiger partial charge in [-0.3, -0.25) is 14.6 Å². The van der Waals surface area contributed by atoms with Crippen molar-refractivity contribution in [2.75, 3.05) is 12.3 Å². The van der Waals surface area contributed by atoms with Gasteiger partial charge in [-0.1, -0.05) is 42.1 Å². The molecule has 1 amide bonds. The van der Waals surface area contributed by atoms with Crippen LogP contribution in [-0.4, -0.2) is 43.2 Å². The zero-order valence-electron chi connectivity index (χ0n) is 12.3. The summed E-state index contributed by atoms with van der Waals surface area (Å²) < 4.78 is 1.76. The van der Waals surface area contributed by atoms with Crippen LogP contribution in [0.1, 0.15) is 15.9 Å². The van der Waals surface area contributed by atoms with Gasteiger partial charge in [-0.05, 0) is 5.56 Å². The number of nitrogens with one attached hydrogen (secondary N) is 2. The van der Waals surface area contributed by atoms with Crippen molar-refractivity contribution in [2.45, 2.75) is 11.7 Å². The quantitative estimate of drug-likeness (QED) is 0.508. The summed E-state index contributed by atoms with van der Waals surface area (Å²) in [6, 6.07) is 10.0. The molecule has 0 aliphatic carbocycles. The zero-order chi connectivity index (χ0) is 15.9. The second kappa shape index (κ2) is 7.59. The van der Waals surface area contributed by atoms with Crippen LogP contribution in [0.3, 0.4) is 0 Å². The molecular weight excluding hydrogens is 312 g/mol. The molecule has 3 aromatic rings. The van der Waals surface area contributed by atoms with Gasteiger partial charge in [0, 0.05) is 18.5 Å². The molecule has 2 heterocycles. The maximum atomic E-state index is 12.1. The van der Waals surface area contributed by atoms with Crippen molar-refractivity contribution < 1.29 is 4.79 Å². The highest BCUT2D eigenvalue weighted by Crippen LogP contribution is 2.09. The normalized spacial score (nSPS) is 10.6. The van der Waals surface area contributed by atoms with E-state index in [9.17, 15) is 4.79 Å². The molecule has 1 aromatic carbocycles. The average molecular weight is 328 g/mol. The Bertz CT molecular complexity index is 740. The molecule has 2 aromatic heterocycles. The number of benzene rings is 1. The Hall–Kier alpha value is -2.61. The number of carbonyl (C=O) groups excluding carboxylic acids is 1. The fourth-order valence-corrected chi connectivity index (χ4v) is 2.65. The molecule has 0 aliphatic rings. The van der Waals surface area contributed by atoms with Gasteiger partial charge in [-0.15, -0.1) is 0 Å². The van der Waals surface area contributed by atoms with E-state index in [4.69, 9.17) is 0 Å². The van der Waals surface area contributed by atoms with Gasteiger partial charge in [0.15, 0.2) is 5.16 Å². The van der Waals surface area contributed by atoms with Crippen LogP contribution < -0.4 is 5.32 Å². The number of carbonyl (C=O) groups is 1. The molecule has 0 fully saturated rings. The summed E-state index contributed by atoms with van der Waals surface area (Å²) in [5, 5.41) is 14.4. The molecule has 118 valence electrons. The number of nitrogens with zero attached hydrogens (tertiary/aromatic N) is 4. The minimum atomic E-state index is -0.123. The van der Waals surface area contributed by atoms with Crippen LogP contribution in [0, 0.1) is 0 Å². The molecule has 8 heteroatoms. The Morgan fingerprint density at radius 3 is 2.96 bits per heavy atom. The van der Waals surface area contributed by atoms with E-state index in [2.05, 4.69) is 25.6 Å². The molecule has 0 spiro atoms. The van der Waals surface area contributed by atoms with Crippen LogP contribution >= 0.6 is 11.8 Å². The molecule has 2 N–H and O–H groups in total. The Labute approximate surface area is 137 Å². The monoisotopic (exact) mass is 328 g/mol. The number of rotatable bonds is 7. The number of amides is 1. The van der Waals surface area contributed by atoms with E-state index >= 15 is 0 Å². The lowest BCUT2D eigenvalue weighted by atomic mass is 10.2. The van der Waals surface area contributed by atoms with E-state index in [0.717, 1.165) is 16.5 Å². The average Bonchev–Trinajstić information content (AvgIpc) is 3.24. The first-order valence-electron chi connectivity index (χ1n) is 7.14. The first-order valence-corrected chi connectivity index (χ1v) is 8.12. The summed E-state index contributed by atoms with van der Waals surface area (Å²) in [6.45, 7) is 1.20. The molecular formula is C15H16N6OS. The van der Waals surface area contributed by atoms with Crippen LogP contribution in [0.15, 0.2) is 54.2 Å². The summed E-state index contributed by atoms with van der Waals surface area (Å²) in [5.41, 5.74) is 1.71. The fourth-order valence-electron chi connectivity index (χ4n) is 2.02. The summed E-state index contributed by atoms with van der Waals surface area (Å²) in [7, 11) is 0. The third kappa shape index (κ3) is 4.43. The van der Waals surface area contributed by atoms with E-state index in [1.807, 2.05) is 30.3 Å². The third-order valence-electron chi connectivity index (χ3n) is 3.10. The number of aromatic amines is 1. The van der Waals surface area contributed by atoms with Gasteiger partial charge >= 0.3 is 0 Å². The Morgan fingerprint density at radius 2 is 2.17 bits per heavy atom. The fraction of sp³-hybridized carbons (Fsp3) is 0.200. The largest absolute Gasteiger partial charge is 0.351 e. The van der Waals surface area contributed by atoms with Crippen molar-refractivity contribution in [1.29, 1.82) is 0 Å². The van der Waals surface area contributed by atoms with Gasteiger partial charge in [-0.25, -0.2) is 4.98 Å². The minimum absolute atomic E-state index is 0.123. The van der Waals surface area contributed by atoms with Crippen LogP contribution in [0.5, 0.6) is 0 Å². The van der Waals surface area contributed by atoms with Crippen molar-refractivity contribution >= 4 is 17.7 Å². The Morgan fingerprint density at radius 1 is 1.30 bits per heavy atom. The molecule has 3 rings (SSSR count). The van der Waals surface area contributed by atoms with Crippen molar-refractivity contribution in [3.8, 4) is 0 Å². The number of hydrogen-bond acceptors (Lipinski definition) is 5. The molecule has 23 heavy (non-hydrogen) atoms. The van der Waals surface area contributed by atoms with Gasteiger partial charge in [0.1, 0.15) is 6.33 Å². The van der Waals surface area contributed by atoms with E-state index in [-0.39, 0.29) is 5.91 Å². The predicted octanol–water partition coefficient (Wildman–Crippen LogP) is 1.57. The molecule has 0 radical (unpaired) electrons. The van der Waals surface area contributed by atoms with Crippen LogP contribution in [0.25, 0.3) is 0 Å². The van der Waals surface area contributed by atoms with E-state index in [1.54, 1.807) is 17.1 Å². The number of thioether (sulfide) groups is 1. The second-order valence-corrected chi connectivity index (χ2v) is 5.89. The maximum absolute atomic E-state index is 12.1. The van der Waals surface area contributed by atoms with Gasteiger partial charge in [-0.2, -0.15) is 10.2 Å². The molecule has 0 unspecified atom stereocenters. The maximum Gasteiger partial charge on any atom is 0.254 e. The minimum Gasteiger partial charge on any atom is -0.351 e. The third-order valence-corrected chi connectivity index (χ3v) is 3.98. The van der Waals surface area contributed by atoms with Gasteiger partial charge in [0.2, 0.25) is 0 Å². The molecule has 7 nitrogen and oxygen atoms in total. The van der Waals surface area contributed by atoms with Crippen LogP contribution in [0.2, 0.25) is 0 Å². The van der Waals surface area contributed by atoms with Crippen LogP contribution in [0.4, 0.5) is 0 Å². The predicted molar refractivity (Wildman–Crippen MR) is 87.2 cm³/mol. The Balaban J connectivity index is 1.46. The van der Waals surface area contributed by atoms with Crippen molar-refractivity contribution in [3.63, 3.8) is 0 Å². The van der Waals surface area contributed by atoms with Crippen molar-refractivity contribution in [2.24, 2.45) is 0 Å². The van der Waals surface area contributed by atoms with Crippen molar-refractivity contribution in [3.05, 3.63) is 60.2 Å². The first-order chi connectivity index (χ1) is 11.3. The SMILES string of the molecule is O=C(NCCSc1ncn[nH]1)c1cnn(Cc2ccccc2)c1. The lowest BCUT2D eigenvalue weighted by molar-refractivity contribution is 0.0956. The standard InChI is InChI=1S/C15H16N6OS/c22-14(16-6-7-23-15-17-11-18-20-15)13-8-19-21(10-13)9-12-4-2-1-3-5-12/h1-5,8,10-11H,6-7,9H2,(H,16,22)(H,17,18,20). The summed E-state index contributed by atoms with van der Waals surface area (Å²) in [6.07, 6.45) is 4.80. The topological polar surface area (TPSA) is 88.5 Å². The summed E-state index contributed by atoms with van der Waals surface area (Å²) in [4.78, 5) is 16.1. The lowest BCUT2D eigenvalue weighted by Gasteiger charge is -2.02. The van der Waals surface area contributed by atoms with Gasteiger partial charge < -0.3 is 5.32 Å². The molecule has 0 saturated carbocycles. The Kier molecular flexibility index (Phi) is 5.05. The molecule has 0 atom stereocenters. The first kappa shape index (κ1) is 15.3. The smallest absolute Gasteiger partial charge is 0.254 e. The molecule has 0 bridgehead atoms. The second-order valence-electron chi connectivity index (χ2n) is 4.81. The highest BCUT2D eigenvalue weighted by molar-refractivity contribution is 7.99. The number of H-pyrrole nitrogens is 1.